The average Bonchev–Trinajstić information content (AvgIpc) is 2.37. The van der Waals surface area contributed by atoms with Crippen LogP contribution in [0.2, 0.25) is 0 Å². The van der Waals surface area contributed by atoms with Gasteiger partial charge in [0.2, 0.25) is 5.88 Å². The van der Waals surface area contributed by atoms with Gasteiger partial charge in [-0.3, -0.25) is 0 Å². The summed E-state index contributed by atoms with van der Waals surface area (Å²) in [4.78, 5) is 7.81. The van der Waals surface area contributed by atoms with Crippen molar-refractivity contribution in [2.45, 2.75) is 18.6 Å². The second-order valence-electron chi connectivity index (χ2n) is 3.31. The summed E-state index contributed by atoms with van der Waals surface area (Å²) in [6.07, 6.45) is -0.197. The van der Waals surface area contributed by atoms with E-state index in [0.717, 1.165) is 0 Å². The molecule has 0 aliphatic rings. The van der Waals surface area contributed by atoms with Crippen molar-refractivity contribution in [3.63, 3.8) is 0 Å². The standard InChI is InChI=1S/C10H15BrN2O4/c1-16-9-6(5-12-10(13-9)17-2)8(15)7(14)3-4-11/h5,7-8,14-15H,3-4H2,1-2H3. The highest BCUT2D eigenvalue weighted by Gasteiger charge is 2.23. The highest BCUT2D eigenvalue weighted by molar-refractivity contribution is 9.09. The van der Waals surface area contributed by atoms with Gasteiger partial charge in [0.05, 0.1) is 25.9 Å². The van der Waals surface area contributed by atoms with Crippen LogP contribution in [0.3, 0.4) is 0 Å². The van der Waals surface area contributed by atoms with Crippen LogP contribution in [0, 0.1) is 0 Å². The van der Waals surface area contributed by atoms with Crippen LogP contribution in [0.1, 0.15) is 18.1 Å². The number of hydrogen-bond acceptors (Lipinski definition) is 6. The molecule has 2 atom stereocenters. The van der Waals surface area contributed by atoms with Crippen LogP contribution in [0.4, 0.5) is 0 Å². The molecule has 1 aromatic rings. The first-order chi connectivity index (χ1) is 8.13. The van der Waals surface area contributed by atoms with Crippen molar-refractivity contribution in [1.82, 2.24) is 9.97 Å². The second kappa shape index (κ2) is 6.73. The number of halogens is 1. The van der Waals surface area contributed by atoms with E-state index in [1.165, 1.54) is 20.4 Å². The summed E-state index contributed by atoms with van der Waals surface area (Å²) >= 11 is 3.20. The summed E-state index contributed by atoms with van der Waals surface area (Å²) in [6.45, 7) is 0. The Bertz CT molecular complexity index is 364. The predicted molar refractivity (Wildman–Crippen MR) is 64.5 cm³/mol. The van der Waals surface area contributed by atoms with Crippen molar-refractivity contribution in [3.05, 3.63) is 11.8 Å². The number of aliphatic hydroxyl groups excluding tert-OH is 2. The van der Waals surface area contributed by atoms with Gasteiger partial charge in [-0.05, 0) is 6.42 Å². The van der Waals surface area contributed by atoms with Gasteiger partial charge in [0.1, 0.15) is 6.10 Å². The van der Waals surface area contributed by atoms with E-state index in [2.05, 4.69) is 25.9 Å². The van der Waals surface area contributed by atoms with Gasteiger partial charge in [-0.25, -0.2) is 4.98 Å². The number of rotatable bonds is 6. The Morgan fingerprint density at radius 1 is 1.35 bits per heavy atom. The molecule has 17 heavy (non-hydrogen) atoms. The van der Waals surface area contributed by atoms with Gasteiger partial charge in [0.25, 0.3) is 0 Å². The number of nitrogens with zero attached hydrogens (tertiary/aromatic N) is 2. The van der Waals surface area contributed by atoms with Crippen molar-refractivity contribution in [2.24, 2.45) is 0 Å². The van der Waals surface area contributed by atoms with Crippen LogP contribution in [0.25, 0.3) is 0 Å². The minimum atomic E-state index is -1.09. The van der Waals surface area contributed by atoms with E-state index in [-0.39, 0.29) is 11.9 Å². The minimum Gasteiger partial charge on any atom is -0.481 e. The van der Waals surface area contributed by atoms with Gasteiger partial charge in [-0.1, -0.05) is 15.9 Å². The molecule has 1 aromatic heterocycles. The fraction of sp³-hybridized carbons (Fsp3) is 0.600. The molecule has 96 valence electrons. The molecule has 6 nitrogen and oxygen atoms in total. The Balaban J connectivity index is 2.96. The fourth-order valence-electron chi connectivity index (χ4n) is 1.30. The Morgan fingerprint density at radius 3 is 2.59 bits per heavy atom. The van der Waals surface area contributed by atoms with Crippen LogP contribution in [-0.2, 0) is 0 Å². The molecule has 0 bridgehead atoms. The number of aliphatic hydroxyl groups is 2. The predicted octanol–water partition coefficient (Wildman–Crippen LogP) is 0.673. The Hall–Kier alpha value is -0.920. The van der Waals surface area contributed by atoms with Gasteiger partial charge in [-0.15, -0.1) is 0 Å². The Kier molecular flexibility index (Phi) is 5.60. The zero-order chi connectivity index (χ0) is 12.8. The van der Waals surface area contributed by atoms with Gasteiger partial charge in [-0.2, -0.15) is 4.98 Å². The molecule has 0 aliphatic heterocycles. The molecule has 0 saturated carbocycles. The molecule has 2 unspecified atom stereocenters. The van der Waals surface area contributed by atoms with E-state index in [0.29, 0.717) is 17.3 Å². The van der Waals surface area contributed by atoms with Crippen LogP contribution in [0.5, 0.6) is 11.9 Å². The van der Waals surface area contributed by atoms with Crippen LogP contribution in [0.15, 0.2) is 6.20 Å². The Labute approximate surface area is 108 Å². The largest absolute Gasteiger partial charge is 0.481 e. The summed E-state index contributed by atoms with van der Waals surface area (Å²) in [5.41, 5.74) is 0.335. The van der Waals surface area contributed by atoms with Crippen molar-refractivity contribution < 1.29 is 19.7 Å². The Morgan fingerprint density at radius 2 is 2.06 bits per heavy atom. The maximum Gasteiger partial charge on any atom is 0.319 e. The van der Waals surface area contributed by atoms with E-state index in [1.807, 2.05) is 0 Å². The molecule has 2 N–H and O–H groups in total. The van der Waals surface area contributed by atoms with Crippen molar-refractivity contribution in [3.8, 4) is 11.9 Å². The van der Waals surface area contributed by atoms with E-state index < -0.39 is 12.2 Å². The second-order valence-corrected chi connectivity index (χ2v) is 4.10. The SMILES string of the molecule is COc1ncc(C(O)C(O)CCBr)c(OC)n1. The lowest BCUT2D eigenvalue weighted by molar-refractivity contribution is 0.0153. The molecule has 0 spiro atoms. The highest BCUT2D eigenvalue weighted by atomic mass is 79.9. The van der Waals surface area contributed by atoms with Crippen LogP contribution in [-0.4, -0.2) is 45.8 Å². The van der Waals surface area contributed by atoms with Crippen LogP contribution < -0.4 is 9.47 Å². The van der Waals surface area contributed by atoms with Gasteiger partial charge in [0.15, 0.2) is 0 Å². The third-order valence-corrected chi connectivity index (χ3v) is 2.68. The topological polar surface area (TPSA) is 84.7 Å². The number of ether oxygens (including phenoxy) is 2. The van der Waals surface area contributed by atoms with Crippen molar-refractivity contribution in [2.75, 3.05) is 19.5 Å². The minimum absolute atomic E-state index is 0.146. The van der Waals surface area contributed by atoms with Gasteiger partial charge in [0, 0.05) is 11.5 Å². The van der Waals surface area contributed by atoms with Gasteiger partial charge >= 0.3 is 6.01 Å². The molecule has 1 heterocycles. The molecule has 0 amide bonds. The molecule has 7 heteroatoms. The lowest BCUT2D eigenvalue weighted by atomic mass is 10.1. The van der Waals surface area contributed by atoms with Crippen LogP contribution >= 0.6 is 15.9 Å². The summed E-state index contributed by atoms with van der Waals surface area (Å²) in [6, 6.07) is 0.146. The number of hydrogen-bond donors (Lipinski definition) is 2. The zero-order valence-corrected chi connectivity index (χ0v) is 11.2. The summed E-state index contributed by atoms with van der Waals surface area (Å²) in [7, 11) is 2.86. The first-order valence-electron chi connectivity index (χ1n) is 5.01. The third kappa shape index (κ3) is 3.52. The molecule has 0 radical (unpaired) electrons. The fourth-order valence-corrected chi connectivity index (χ4v) is 1.77. The highest BCUT2D eigenvalue weighted by Crippen LogP contribution is 2.27. The molecule has 0 aromatic carbocycles. The monoisotopic (exact) mass is 306 g/mol. The first kappa shape index (κ1) is 14.1. The lowest BCUT2D eigenvalue weighted by Gasteiger charge is -2.18. The smallest absolute Gasteiger partial charge is 0.319 e. The molecule has 1 rings (SSSR count). The molecule has 0 fully saturated rings. The molecular formula is C10H15BrN2O4. The summed E-state index contributed by atoms with van der Waals surface area (Å²) < 4.78 is 9.87. The van der Waals surface area contributed by atoms with E-state index in [4.69, 9.17) is 9.47 Å². The molecule has 0 aliphatic carbocycles. The quantitative estimate of drug-likeness (QED) is 0.752. The number of methoxy groups -OCH3 is 2. The number of aromatic nitrogens is 2. The van der Waals surface area contributed by atoms with Crippen molar-refractivity contribution >= 4 is 15.9 Å². The van der Waals surface area contributed by atoms with E-state index in [1.54, 1.807) is 0 Å². The molecular weight excluding hydrogens is 292 g/mol. The molecule has 0 saturated heterocycles. The van der Waals surface area contributed by atoms with E-state index >= 15 is 0 Å². The normalized spacial score (nSPS) is 14.2. The lowest BCUT2D eigenvalue weighted by Crippen LogP contribution is -2.20. The van der Waals surface area contributed by atoms with Gasteiger partial charge < -0.3 is 19.7 Å². The number of alkyl halides is 1. The van der Waals surface area contributed by atoms with E-state index in [9.17, 15) is 10.2 Å². The average molecular weight is 307 g/mol. The zero-order valence-electron chi connectivity index (χ0n) is 9.63. The van der Waals surface area contributed by atoms with Crippen molar-refractivity contribution in [1.29, 1.82) is 0 Å². The first-order valence-corrected chi connectivity index (χ1v) is 6.13. The summed E-state index contributed by atoms with van der Waals surface area (Å²) in [5, 5.41) is 20.2. The summed E-state index contributed by atoms with van der Waals surface area (Å²) in [5.74, 6) is 0.193. The maximum atomic E-state index is 9.92. The third-order valence-electron chi connectivity index (χ3n) is 2.22. The maximum absolute atomic E-state index is 9.92.